The second-order valence-corrected chi connectivity index (χ2v) is 5.89. The van der Waals surface area contributed by atoms with Crippen LogP contribution in [0, 0.1) is 13.8 Å². The molecule has 1 aliphatic rings. The topological polar surface area (TPSA) is 43.8 Å². The first-order chi connectivity index (χ1) is 9.69. The van der Waals surface area contributed by atoms with Gasteiger partial charge in [0.25, 0.3) is 0 Å². The minimum absolute atomic E-state index is 0.604. The summed E-state index contributed by atoms with van der Waals surface area (Å²) in [6.45, 7) is 6.09. The Hall–Kier alpha value is -1.61. The van der Waals surface area contributed by atoms with Gasteiger partial charge in [-0.3, -0.25) is 0 Å². The molecule has 0 saturated heterocycles. The predicted octanol–water partition coefficient (Wildman–Crippen LogP) is 2.73. The maximum absolute atomic E-state index is 5.68. The van der Waals surface area contributed by atoms with Gasteiger partial charge in [-0.15, -0.1) is 0 Å². The second-order valence-electron chi connectivity index (χ2n) is 5.89. The molecular formula is C17H23N3. The average molecular weight is 269 g/mol. The third-order valence-corrected chi connectivity index (χ3v) is 4.54. The van der Waals surface area contributed by atoms with E-state index in [4.69, 9.17) is 5.73 Å². The van der Waals surface area contributed by atoms with Crippen molar-refractivity contribution in [1.29, 1.82) is 0 Å². The third kappa shape index (κ3) is 2.38. The Balaban J connectivity index is 1.87. The molecular weight excluding hydrogens is 246 g/mol. The molecule has 1 unspecified atom stereocenters. The molecule has 1 aliphatic heterocycles. The summed E-state index contributed by atoms with van der Waals surface area (Å²) >= 11 is 0. The Bertz CT molecular complexity index is 613. The van der Waals surface area contributed by atoms with Crippen LogP contribution in [0.5, 0.6) is 0 Å². The van der Waals surface area contributed by atoms with Crippen LogP contribution < -0.4 is 5.73 Å². The zero-order chi connectivity index (χ0) is 14.1. The monoisotopic (exact) mass is 269 g/mol. The lowest BCUT2D eigenvalue weighted by molar-refractivity contribution is 0.451. The SMILES string of the molecule is Cc1ccc(C2CCc3cnc(CCN)n3C2)cc1C. The number of aromatic nitrogens is 2. The van der Waals surface area contributed by atoms with Crippen molar-refractivity contribution in [2.45, 2.75) is 45.6 Å². The molecule has 0 saturated carbocycles. The van der Waals surface area contributed by atoms with Crippen molar-refractivity contribution < 1.29 is 0 Å². The number of fused-ring (bicyclic) bond motifs is 1. The predicted molar refractivity (Wildman–Crippen MR) is 82.0 cm³/mol. The quantitative estimate of drug-likeness (QED) is 0.931. The first kappa shape index (κ1) is 13.4. The highest BCUT2D eigenvalue weighted by Gasteiger charge is 2.22. The maximum atomic E-state index is 5.68. The highest BCUT2D eigenvalue weighted by Crippen LogP contribution is 2.30. The van der Waals surface area contributed by atoms with Crippen molar-refractivity contribution in [3.63, 3.8) is 0 Å². The summed E-state index contributed by atoms with van der Waals surface area (Å²) in [6.07, 6.45) is 5.24. The van der Waals surface area contributed by atoms with Crippen molar-refractivity contribution in [3.8, 4) is 0 Å². The van der Waals surface area contributed by atoms with Crippen LogP contribution >= 0.6 is 0 Å². The lowest BCUT2D eigenvalue weighted by Crippen LogP contribution is -2.21. The summed E-state index contributed by atoms with van der Waals surface area (Å²) in [5.74, 6) is 1.75. The normalized spacial score (nSPS) is 18.1. The van der Waals surface area contributed by atoms with Gasteiger partial charge in [0.05, 0.1) is 0 Å². The smallest absolute Gasteiger partial charge is 0.110 e. The van der Waals surface area contributed by atoms with Gasteiger partial charge in [0.2, 0.25) is 0 Å². The summed E-state index contributed by atoms with van der Waals surface area (Å²) in [6, 6.07) is 6.89. The van der Waals surface area contributed by atoms with Gasteiger partial charge in [-0.1, -0.05) is 18.2 Å². The van der Waals surface area contributed by atoms with Gasteiger partial charge in [0, 0.05) is 30.8 Å². The fourth-order valence-corrected chi connectivity index (χ4v) is 3.13. The third-order valence-electron chi connectivity index (χ3n) is 4.54. The number of nitrogens with zero attached hydrogens (tertiary/aromatic N) is 2. The Kier molecular flexibility index (Phi) is 3.62. The number of benzene rings is 1. The molecule has 0 fully saturated rings. The lowest BCUT2D eigenvalue weighted by atomic mass is 9.89. The number of hydrogen-bond donors (Lipinski definition) is 1. The molecule has 106 valence electrons. The molecule has 2 N–H and O–H groups in total. The number of imidazole rings is 1. The minimum Gasteiger partial charge on any atom is -0.331 e. The molecule has 2 aromatic rings. The molecule has 0 amide bonds. The zero-order valence-corrected chi connectivity index (χ0v) is 12.4. The van der Waals surface area contributed by atoms with E-state index >= 15 is 0 Å². The lowest BCUT2D eigenvalue weighted by Gasteiger charge is -2.26. The van der Waals surface area contributed by atoms with Crippen LogP contribution in [-0.2, 0) is 19.4 Å². The summed E-state index contributed by atoms with van der Waals surface area (Å²) in [5.41, 5.74) is 11.3. The highest BCUT2D eigenvalue weighted by molar-refractivity contribution is 5.32. The van der Waals surface area contributed by atoms with E-state index in [1.807, 2.05) is 6.20 Å². The van der Waals surface area contributed by atoms with Gasteiger partial charge in [-0.05, 0) is 49.9 Å². The Morgan fingerprint density at radius 3 is 2.90 bits per heavy atom. The van der Waals surface area contributed by atoms with Crippen LogP contribution in [0.2, 0.25) is 0 Å². The number of rotatable bonds is 3. The van der Waals surface area contributed by atoms with Crippen LogP contribution in [0.15, 0.2) is 24.4 Å². The van der Waals surface area contributed by atoms with Gasteiger partial charge < -0.3 is 10.3 Å². The molecule has 0 spiro atoms. The van der Waals surface area contributed by atoms with Crippen LogP contribution in [0.3, 0.4) is 0 Å². The van der Waals surface area contributed by atoms with E-state index in [1.54, 1.807) is 0 Å². The van der Waals surface area contributed by atoms with Gasteiger partial charge in [0.1, 0.15) is 5.82 Å². The zero-order valence-electron chi connectivity index (χ0n) is 12.4. The van der Waals surface area contributed by atoms with E-state index in [0.29, 0.717) is 12.5 Å². The van der Waals surface area contributed by atoms with E-state index in [9.17, 15) is 0 Å². The van der Waals surface area contributed by atoms with Gasteiger partial charge in [-0.25, -0.2) is 4.98 Å². The van der Waals surface area contributed by atoms with E-state index in [2.05, 4.69) is 41.6 Å². The van der Waals surface area contributed by atoms with Crippen molar-refractivity contribution in [3.05, 3.63) is 52.6 Å². The number of nitrogens with two attached hydrogens (primary N) is 1. The highest BCUT2D eigenvalue weighted by atomic mass is 15.1. The molecule has 3 nitrogen and oxygen atoms in total. The summed E-state index contributed by atoms with van der Waals surface area (Å²) in [7, 11) is 0. The van der Waals surface area contributed by atoms with Gasteiger partial charge in [-0.2, -0.15) is 0 Å². The Morgan fingerprint density at radius 1 is 1.30 bits per heavy atom. The summed E-state index contributed by atoms with van der Waals surface area (Å²) in [4.78, 5) is 4.53. The second kappa shape index (κ2) is 5.41. The van der Waals surface area contributed by atoms with E-state index < -0.39 is 0 Å². The first-order valence-electron chi connectivity index (χ1n) is 7.49. The molecule has 20 heavy (non-hydrogen) atoms. The number of aryl methyl sites for hydroxylation is 3. The van der Waals surface area contributed by atoms with E-state index in [0.717, 1.165) is 25.2 Å². The van der Waals surface area contributed by atoms with Crippen LogP contribution in [0.4, 0.5) is 0 Å². The minimum atomic E-state index is 0.604. The molecule has 0 radical (unpaired) electrons. The maximum Gasteiger partial charge on any atom is 0.110 e. The van der Waals surface area contributed by atoms with Gasteiger partial charge in [0.15, 0.2) is 0 Å². The molecule has 0 aliphatic carbocycles. The molecule has 0 bridgehead atoms. The fourth-order valence-electron chi connectivity index (χ4n) is 3.13. The van der Waals surface area contributed by atoms with E-state index in [1.165, 1.54) is 28.8 Å². The van der Waals surface area contributed by atoms with Gasteiger partial charge >= 0.3 is 0 Å². The summed E-state index contributed by atoms with van der Waals surface area (Å²) < 4.78 is 2.39. The van der Waals surface area contributed by atoms with Crippen molar-refractivity contribution in [2.75, 3.05) is 6.54 Å². The average Bonchev–Trinajstić information content (AvgIpc) is 2.85. The molecule has 3 heteroatoms. The molecule has 1 aromatic heterocycles. The molecule has 2 heterocycles. The van der Waals surface area contributed by atoms with E-state index in [-0.39, 0.29) is 0 Å². The van der Waals surface area contributed by atoms with Crippen molar-refractivity contribution >= 4 is 0 Å². The van der Waals surface area contributed by atoms with Crippen molar-refractivity contribution in [2.24, 2.45) is 5.73 Å². The fraction of sp³-hybridized carbons (Fsp3) is 0.471. The molecule has 1 atom stereocenters. The summed E-state index contributed by atoms with van der Waals surface area (Å²) in [5, 5.41) is 0. The standard InChI is InChI=1S/C17H23N3/c1-12-3-4-14(9-13(12)2)15-5-6-16-10-19-17(7-8-18)20(16)11-15/h3-4,9-10,15H,5-8,11,18H2,1-2H3. The number of hydrogen-bond acceptors (Lipinski definition) is 2. The largest absolute Gasteiger partial charge is 0.331 e. The van der Waals surface area contributed by atoms with Crippen molar-refractivity contribution in [1.82, 2.24) is 9.55 Å². The molecule has 1 aromatic carbocycles. The van der Waals surface area contributed by atoms with Crippen LogP contribution in [0.1, 0.15) is 40.5 Å². The van der Waals surface area contributed by atoms with Crippen LogP contribution in [0.25, 0.3) is 0 Å². The first-order valence-corrected chi connectivity index (χ1v) is 7.49. The Morgan fingerprint density at radius 2 is 2.15 bits per heavy atom. The molecule has 3 rings (SSSR count). The van der Waals surface area contributed by atoms with Crippen LogP contribution in [-0.4, -0.2) is 16.1 Å². The Labute approximate surface area is 120 Å².